The Labute approximate surface area is 177 Å². The molecule has 2 N–H and O–H groups in total. The number of hydrogen-bond donors (Lipinski definition) is 2. The first kappa shape index (κ1) is 24.0. The van der Waals surface area contributed by atoms with E-state index in [9.17, 15) is 27.6 Å². The Morgan fingerprint density at radius 3 is 2.39 bits per heavy atom. The average Bonchev–Trinajstić information content (AvgIpc) is 3.01. The van der Waals surface area contributed by atoms with Gasteiger partial charge in [-0.2, -0.15) is 0 Å². The van der Waals surface area contributed by atoms with Crippen LogP contribution in [0.25, 0.3) is 0 Å². The molecule has 0 aliphatic heterocycles. The van der Waals surface area contributed by atoms with Crippen molar-refractivity contribution in [2.45, 2.75) is 34.1 Å². The van der Waals surface area contributed by atoms with Crippen molar-refractivity contribution in [2.24, 2.45) is 0 Å². The third kappa shape index (κ3) is 5.25. The van der Waals surface area contributed by atoms with E-state index >= 15 is 0 Å². The number of esters is 1. The fourth-order valence-corrected chi connectivity index (χ4v) is 3.14. The van der Waals surface area contributed by atoms with Crippen molar-refractivity contribution in [1.82, 2.24) is 9.88 Å². The van der Waals surface area contributed by atoms with Crippen molar-refractivity contribution in [1.29, 1.82) is 0 Å². The molecule has 0 unspecified atom stereocenters. The van der Waals surface area contributed by atoms with Gasteiger partial charge in [0, 0.05) is 12.2 Å². The molecule has 2 rings (SSSR count). The normalized spacial score (nSPS) is 10.7. The summed E-state index contributed by atoms with van der Waals surface area (Å²) in [5, 5.41) is 2.14. The van der Waals surface area contributed by atoms with Gasteiger partial charge in [0.2, 0.25) is 5.91 Å². The average molecular weight is 439 g/mol. The number of nitrogens with one attached hydrogen (secondary N) is 2. The SMILES string of the molecule is CCCN(CC(=O)Nc1ccc(F)c(F)c1F)C(=O)c1[nH]c(C)c(C(=O)OCC)c1C. The topological polar surface area (TPSA) is 91.5 Å². The molecule has 0 bridgehead atoms. The Hall–Kier alpha value is -3.30. The summed E-state index contributed by atoms with van der Waals surface area (Å²) in [6.45, 7) is 6.58. The van der Waals surface area contributed by atoms with E-state index in [1.54, 1.807) is 27.7 Å². The van der Waals surface area contributed by atoms with Crippen molar-refractivity contribution in [3.63, 3.8) is 0 Å². The molecular formula is C21H24F3N3O4. The van der Waals surface area contributed by atoms with Crippen LogP contribution in [-0.2, 0) is 9.53 Å². The molecular weight excluding hydrogens is 415 g/mol. The smallest absolute Gasteiger partial charge is 0.340 e. The van der Waals surface area contributed by atoms with Crippen molar-refractivity contribution < 1.29 is 32.3 Å². The Morgan fingerprint density at radius 2 is 1.77 bits per heavy atom. The molecule has 2 aromatic rings. The predicted octanol–water partition coefficient (Wildman–Crippen LogP) is 3.72. The number of hydrogen-bond acceptors (Lipinski definition) is 4. The summed E-state index contributed by atoms with van der Waals surface area (Å²) in [6.07, 6.45) is 0.516. The number of aryl methyl sites for hydroxylation is 1. The minimum Gasteiger partial charge on any atom is -0.462 e. The Morgan fingerprint density at radius 1 is 1.10 bits per heavy atom. The molecule has 0 saturated heterocycles. The molecule has 0 atom stereocenters. The Balaban J connectivity index is 2.23. The van der Waals surface area contributed by atoms with Crippen LogP contribution in [0, 0.1) is 31.3 Å². The number of aromatic amines is 1. The Bertz CT molecular complexity index is 1000. The Kier molecular flexibility index (Phi) is 7.84. The highest BCUT2D eigenvalue weighted by atomic mass is 19.2. The number of benzene rings is 1. The minimum atomic E-state index is -1.71. The molecule has 7 nitrogen and oxygen atoms in total. The van der Waals surface area contributed by atoms with Gasteiger partial charge in [0.05, 0.1) is 17.9 Å². The van der Waals surface area contributed by atoms with Gasteiger partial charge in [-0.05, 0) is 44.9 Å². The molecule has 0 spiro atoms. The summed E-state index contributed by atoms with van der Waals surface area (Å²) >= 11 is 0. The molecule has 168 valence electrons. The molecule has 0 radical (unpaired) electrons. The standard InChI is InChI=1S/C21H24F3N3O4/c1-5-9-27(10-15(28)26-14-8-7-13(22)17(23)18(14)24)20(29)19-11(3)16(12(4)25-19)21(30)31-6-2/h7-8,25H,5-6,9-10H2,1-4H3,(H,26,28). The van der Waals surface area contributed by atoms with E-state index < -0.39 is 47.5 Å². The van der Waals surface area contributed by atoms with Crippen LogP contribution in [0.5, 0.6) is 0 Å². The van der Waals surface area contributed by atoms with E-state index in [2.05, 4.69) is 10.3 Å². The van der Waals surface area contributed by atoms with Gasteiger partial charge in [0.1, 0.15) is 12.2 Å². The van der Waals surface area contributed by atoms with E-state index in [-0.39, 0.29) is 24.4 Å². The number of H-pyrrole nitrogens is 1. The fraction of sp³-hybridized carbons (Fsp3) is 0.381. The molecule has 1 heterocycles. The zero-order valence-corrected chi connectivity index (χ0v) is 17.7. The highest BCUT2D eigenvalue weighted by molar-refractivity contribution is 6.02. The van der Waals surface area contributed by atoms with E-state index in [1.807, 2.05) is 0 Å². The summed E-state index contributed by atoms with van der Waals surface area (Å²) in [4.78, 5) is 41.6. The molecule has 31 heavy (non-hydrogen) atoms. The van der Waals surface area contributed by atoms with E-state index in [0.29, 0.717) is 23.7 Å². The number of carbonyl (C=O) groups excluding carboxylic acids is 3. The molecule has 0 aliphatic carbocycles. The highest BCUT2D eigenvalue weighted by Gasteiger charge is 2.27. The molecule has 0 saturated carbocycles. The van der Waals surface area contributed by atoms with E-state index in [1.165, 1.54) is 4.90 Å². The molecule has 1 aromatic carbocycles. The van der Waals surface area contributed by atoms with Crippen LogP contribution in [-0.4, -0.2) is 47.4 Å². The second-order valence-electron chi connectivity index (χ2n) is 6.84. The second kappa shape index (κ2) is 10.1. The van der Waals surface area contributed by atoms with Crippen LogP contribution in [0.4, 0.5) is 18.9 Å². The zero-order valence-electron chi connectivity index (χ0n) is 17.7. The number of ether oxygens (including phenoxy) is 1. The van der Waals surface area contributed by atoms with Gasteiger partial charge in [-0.1, -0.05) is 6.92 Å². The summed E-state index contributed by atoms with van der Waals surface area (Å²) in [5.41, 5.74) is 0.665. The van der Waals surface area contributed by atoms with Gasteiger partial charge in [-0.3, -0.25) is 9.59 Å². The number of amides is 2. The van der Waals surface area contributed by atoms with Crippen molar-refractivity contribution >= 4 is 23.5 Å². The number of carbonyl (C=O) groups is 3. The minimum absolute atomic E-state index is 0.126. The fourth-order valence-electron chi connectivity index (χ4n) is 3.14. The van der Waals surface area contributed by atoms with Gasteiger partial charge >= 0.3 is 5.97 Å². The largest absolute Gasteiger partial charge is 0.462 e. The lowest BCUT2D eigenvalue weighted by Crippen LogP contribution is -2.39. The number of nitrogens with zero attached hydrogens (tertiary/aromatic N) is 1. The summed E-state index contributed by atoms with van der Waals surface area (Å²) in [7, 11) is 0. The third-order valence-electron chi connectivity index (χ3n) is 4.56. The lowest BCUT2D eigenvalue weighted by Gasteiger charge is -2.21. The van der Waals surface area contributed by atoms with Gasteiger partial charge in [0.25, 0.3) is 5.91 Å². The second-order valence-corrected chi connectivity index (χ2v) is 6.84. The highest BCUT2D eigenvalue weighted by Crippen LogP contribution is 2.22. The molecule has 2 amide bonds. The number of rotatable bonds is 8. The first-order chi connectivity index (χ1) is 14.6. The third-order valence-corrected chi connectivity index (χ3v) is 4.56. The maximum absolute atomic E-state index is 13.8. The maximum atomic E-state index is 13.8. The lowest BCUT2D eigenvalue weighted by atomic mass is 10.1. The van der Waals surface area contributed by atoms with E-state index in [4.69, 9.17) is 4.74 Å². The van der Waals surface area contributed by atoms with Gasteiger partial charge < -0.3 is 19.9 Å². The number of anilines is 1. The lowest BCUT2D eigenvalue weighted by molar-refractivity contribution is -0.116. The molecule has 10 heteroatoms. The summed E-state index contributed by atoms with van der Waals surface area (Å²) in [5.74, 6) is -6.52. The number of aromatic nitrogens is 1. The summed E-state index contributed by atoms with van der Waals surface area (Å²) in [6, 6.07) is 1.58. The maximum Gasteiger partial charge on any atom is 0.340 e. The van der Waals surface area contributed by atoms with Crippen LogP contribution >= 0.6 is 0 Å². The molecule has 0 fully saturated rings. The molecule has 0 aliphatic rings. The summed E-state index contributed by atoms with van der Waals surface area (Å²) < 4.78 is 45.3. The van der Waals surface area contributed by atoms with Crippen LogP contribution in [0.15, 0.2) is 12.1 Å². The van der Waals surface area contributed by atoms with Crippen molar-refractivity contribution in [3.8, 4) is 0 Å². The quantitative estimate of drug-likeness (QED) is 0.485. The van der Waals surface area contributed by atoms with Crippen molar-refractivity contribution in [3.05, 3.63) is 52.1 Å². The van der Waals surface area contributed by atoms with Crippen LogP contribution in [0.1, 0.15) is 52.4 Å². The monoisotopic (exact) mass is 439 g/mol. The van der Waals surface area contributed by atoms with Gasteiger partial charge in [0.15, 0.2) is 17.5 Å². The predicted molar refractivity (Wildman–Crippen MR) is 107 cm³/mol. The van der Waals surface area contributed by atoms with Crippen LogP contribution in [0.3, 0.4) is 0 Å². The van der Waals surface area contributed by atoms with Crippen molar-refractivity contribution in [2.75, 3.05) is 25.0 Å². The van der Waals surface area contributed by atoms with E-state index in [0.717, 1.165) is 6.07 Å². The zero-order chi connectivity index (χ0) is 23.3. The first-order valence-corrected chi connectivity index (χ1v) is 9.71. The van der Waals surface area contributed by atoms with Gasteiger partial charge in [-0.15, -0.1) is 0 Å². The van der Waals surface area contributed by atoms with Crippen LogP contribution < -0.4 is 5.32 Å². The molecule has 1 aromatic heterocycles. The number of halogens is 3. The van der Waals surface area contributed by atoms with Crippen LogP contribution in [0.2, 0.25) is 0 Å². The van der Waals surface area contributed by atoms with Gasteiger partial charge in [-0.25, -0.2) is 18.0 Å². The first-order valence-electron chi connectivity index (χ1n) is 9.71.